The van der Waals surface area contributed by atoms with Gasteiger partial charge in [-0.3, -0.25) is 9.59 Å². The first kappa shape index (κ1) is 18.5. The first-order valence-electron chi connectivity index (χ1n) is 7.42. The molecule has 1 amide bonds. The van der Waals surface area contributed by atoms with Crippen molar-refractivity contribution in [1.82, 2.24) is 0 Å². The molecule has 2 aromatic carbocycles. The third-order valence-corrected chi connectivity index (χ3v) is 4.87. The zero-order valence-corrected chi connectivity index (χ0v) is 15.6. The molecule has 126 valence electrons. The number of para-hydroxylation sites is 1. The second kappa shape index (κ2) is 9.49. The second-order valence-electron chi connectivity index (χ2n) is 5.10. The minimum absolute atomic E-state index is 0.281. The summed E-state index contributed by atoms with van der Waals surface area (Å²) >= 11 is 4.87. The molecule has 0 saturated heterocycles. The van der Waals surface area contributed by atoms with E-state index in [4.69, 9.17) is 4.74 Å². The van der Waals surface area contributed by atoms with Crippen LogP contribution in [0.5, 0.6) is 0 Å². The van der Waals surface area contributed by atoms with E-state index in [1.165, 1.54) is 11.8 Å². The van der Waals surface area contributed by atoms with Crippen molar-refractivity contribution in [3.05, 3.63) is 64.6 Å². The molecule has 0 unspecified atom stereocenters. The second-order valence-corrected chi connectivity index (χ2v) is 7.35. The van der Waals surface area contributed by atoms with Crippen LogP contribution in [0.3, 0.4) is 0 Å². The minimum Gasteiger partial charge on any atom is -0.455 e. The van der Waals surface area contributed by atoms with E-state index < -0.39 is 0 Å². The maximum absolute atomic E-state index is 11.9. The van der Waals surface area contributed by atoms with E-state index in [1.807, 2.05) is 42.5 Å². The number of halogens is 1. The van der Waals surface area contributed by atoms with E-state index >= 15 is 0 Å². The summed E-state index contributed by atoms with van der Waals surface area (Å²) in [4.78, 5) is 23.7. The normalized spacial score (nSPS) is 11.6. The first-order valence-corrected chi connectivity index (χ1v) is 9.26. The summed E-state index contributed by atoms with van der Waals surface area (Å²) in [5.74, 6) is -0.0280. The van der Waals surface area contributed by atoms with E-state index in [0.29, 0.717) is 11.4 Å². The van der Waals surface area contributed by atoms with Gasteiger partial charge in [0.2, 0.25) is 0 Å². The monoisotopic (exact) mass is 407 g/mol. The number of thioether (sulfide) groups is 1. The Morgan fingerprint density at radius 1 is 1.12 bits per heavy atom. The van der Waals surface area contributed by atoms with E-state index in [1.54, 1.807) is 19.1 Å². The Balaban J connectivity index is 1.71. The van der Waals surface area contributed by atoms with E-state index in [2.05, 4.69) is 21.2 Å². The summed E-state index contributed by atoms with van der Waals surface area (Å²) in [6.07, 6.45) is 0. The molecule has 6 heteroatoms. The van der Waals surface area contributed by atoms with Gasteiger partial charge >= 0.3 is 5.97 Å². The molecular formula is C18H18BrNO3S. The molecule has 0 aromatic heterocycles. The van der Waals surface area contributed by atoms with Crippen LogP contribution in [0.4, 0.5) is 5.69 Å². The van der Waals surface area contributed by atoms with Gasteiger partial charge in [0, 0.05) is 15.9 Å². The van der Waals surface area contributed by atoms with Gasteiger partial charge in [0.1, 0.15) is 0 Å². The fraction of sp³-hybridized carbons (Fsp3) is 0.222. The lowest BCUT2D eigenvalue weighted by molar-refractivity contribution is -0.146. The summed E-state index contributed by atoms with van der Waals surface area (Å²) in [6, 6.07) is 17.0. The molecule has 0 heterocycles. The van der Waals surface area contributed by atoms with Gasteiger partial charge in [-0.1, -0.05) is 46.3 Å². The maximum atomic E-state index is 11.9. The summed E-state index contributed by atoms with van der Waals surface area (Å²) in [7, 11) is 0. The van der Waals surface area contributed by atoms with Gasteiger partial charge in [-0.15, -0.1) is 11.8 Å². The quantitative estimate of drug-likeness (QED) is 0.696. The number of benzene rings is 2. The summed E-state index contributed by atoms with van der Waals surface area (Å²) in [5.41, 5.74) is 1.81. The third-order valence-electron chi connectivity index (χ3n) is 3.15. The van der Waals surface area contributed by atoms with Gasteiger partial charge in [-0.2, -0.15) is 0 Å². The van der Waals surface area contributed by atoms with Gasteiger partial charge in [0.15, 0.2) is 6.61 Å². The summed E-state index contributed by atoms with van der Waals surface area (Å²) in [6.45, 7) is 1.50. The van der Waals surface area contributed by atoms with Crippen molar-refractivity contribution < 1.29 is 14.3 Å². The van der Waals surface area contributed by atoms with Crippen molar-refractivity contribution in [3.8, 4) is 0 Å². The number of nitrogens with one attached hydrogen (secondary N) is 1. The fourth-order valence-electron chi connectivity index (χ4n) is 1.84. The highest BCUT2D eigenvalue weighted by molar-refractivity contribution is 9.10. The fourth-order valence-corrected chi connectivity index (χ4v) is 2.95. The molecule has 0 fully saturated rings. The van der Waals surface area contributed by atoms with Crippen LogP contribution in [-0.2, 0) is 20.1 Å². The largest absolute Gasteiger partial charge is 0.455 e. The predicted octanol–water partition coefficient (Wildman–Crippen LogP) is 4.25. The molecule has 1 atom stereocenters. The van der Waals surface area contributed by atoms with Crippen molar-refractivity contribution in [2.45, 2.75) is 17.9 Å². The Bertz CT molecular complexity index is 676. The van der Waals surface area contributed by atoms with E-state index in [0.717, 1.165) is 10.0 Å². The molecule has 0 spiro atoms. The number of carbonyl (C=O) groups is 2. The molecule has 0 radical (unpaired) electrons. The Kier molecular flexibility index (Phi) is 7.34. The predicted molar refractivity (Wildman–Crippen MR) is 101 cm³/mol. The Morgan fingerprint density at radius 3 is 2.46 bits per heavy atom. The highest BCUT2D eigenvalue weighted by Crippen LogP contribution is 2.20. The summed E-state index contributed by atoms with van der Waals surface area (Å²) < 4.78 is 6.09. The lowest BCUT2D eigenvalue weighted by atomic mass is 10.2. The molecule has 2 rings (SSSR count). The molecule has 0 saturated carbocycles. The number of anilines is 1. The van der Waals surface area contributed by atoms with Crippen LogP contribution in [0.1, 0.15) is 12.5 Å². The van der Waals surface area contributed by atoms with Crippen molar-refractivity contribution in [3.63, 3.8) is 0 Å². The molecule has 1 N–H and O–H groups in total. The van der Waals surface area contributed by atoms with Gasteiger partial charge in [-0.05, 0) is 36.8 Å². The van der Waals surface area contributed by atoms with Crippen LogP contribution in [0.15, 0.2) is 59.1 Å². The summed E-state index contributed by atoms with van der Waals surface area (Å²) in [5, 5.41) is 2.34. The van der Waals surface area contributed by atoms with Gasteiger partial charge in [0.25, 0.3) is 5.91 Å². The smallest absolute Gasteiger partial charge is 0.319 e. The average molecular weight is 408 g/mol. The lowest BCUT2D eigenvalue weighted by Gasteiger charge is -2.11. The van der Waals surface area contributed by atoms with Crippen molar-refractivity contribution in [1.29, 1.82) is 0 Å². The van der Waals surface area contributed by atoms with Gasteiger partial charge in [-0.25, -0.2) is 0 Å². The zero-order chi connectivity index (χ0) is 17.4. The lowest BCUT2D eigenvalue weighted by Crippen LogP contribution is -2.24. The topological polar surface area (TPSA) is 55.4 Å². The first-order chi connectivity index (χ1) is 11.5. The van der Waals surface area contributed by atoms with Crippen molar-refractivity contribution >= 4 is 45.3 Å². The molecule has 4 nitrogen and oxygen atoms in total. The highest BCUT2D eigenvalue weighted by atomic mass is 79.9. The number of amides is 1. The van der Waals surface area contributed by atoms with Crippen LogP contribution in [0.25, 0.3) is 0 Å². The molecule has 24 heavy (non-hydrogen) atoms. The third kappa shape index (κ3) is 6.37. The number of hydrogen-bond acceptors (Lipinski definition) is 4. The molecule has 0 aliphatic heterocycles. The SMILES string of the molecule is C[C@H](SCc1ccc(Br)cc1)C(=O)OCC(=O)Nc1ccccc1. The molecule has 2 aromatic rings. The van der Waals surface area contributed by atoms with E-state index in [9.17, 15) is 9.59 Å². The zero-order valence-electron chi connectivity index (χ0n) is 13.2. The van der Waals surface area contributed by atoms with E-state index in [-0.39, 0.29) is 23.7 Å². The van der Waals surface area contributed by atoms with Crippen molar-refractivity contribution in [2.75, 3.05) is 11.9 Å². The van der Waals surface area contributed by atoms with Crippen LogP contribution in [0, 0.1) is 0 Å². The number of rotatable bonds is 7. The van der Waals surface area contributed by atoms with Crippen LogP contribution in [0.2, 0.25) is 0 Å². The number of ether oxygens (including phenoxy) is 1. The Hall–Kier alpha value is -1.79. The molecular weight excluding hydrogens is 390 g/mol. The highest BCUT2D eigenvalue weighted by Gasteiger charge is 2.16. The maximum Gasteiger partial charge on any atom is 0.319 e. The van der Waals surface area contributed by atoms with Crippen LogP contribution >= 0.6 is 27.7 Å². The Morgan fingerprint density at radius 2 is 1.79 bits per heavy atom. The Labute approximate surface area is 154 Å². The van der Waals surface area contributed by atoms with Gasteiger partial charge in [0.05, 0.1) is 5.25 Å². The minimum atomic E-state index is -0.389. The van der Waals surface area contributed by atoms with Crippen LogP contribution in [-0.4, -0.2) is 23.7 Å². The standard InChI is InChI=1S/C18H18BrNO3S/c1-13(24-12-14-7-9-15(19)10-8-14)18(22)23-11-17(21)20-16-5-3-2-4-6-16/h2-10,13H,11-12H2,1H3,(H,20,21)/t13-/m0/s1. The molecule has 0 aliphatic rings. The molecule has 0 bridgehead atoms. The average Bonchev–Trinajstić information content (AvgIpc) is 2.59. The van der Waals surface area contributed by atoms with Crippen LogP contribution < -0.4 is 5.32 Å². The number of hydrogen-bond donors (Lipinski definition) is 1. The van der Waals surface area contributed by atoms with Gasteiger partial charge < -0.3 is 10.1 Å². The number of carbonyl (C=O) groups excluding carboxylic acids is 2. The number of esters is 1. The van der Waals surface area contributed by atoms with Crippen molar-refractivity contribution in [2.24, 2.45) is 0 Å². The molecule has 0 aliphatic carbocycles.